The summed E-state index contributed by atoms with van der Waals surface area (Å²) in [6.45, 7) is 3.23. The molecule has 0 aromatic heterocycles. The summed E-state index contributed by atoms with van der Waals surface area (Å²) in [7, 11) is -3.33. The number of carbonyl (C=O) groups is 1. The molecule has 2 aromatic rings. The van der Waals surface area contributed by atoms with Gasteiger partial charge in [-0.25, -0.2) is 8.42 Å². The molecular formula is C22H27NO3S. The van der Waals surface area contributed by atoms with E-state index >= 15 is 0 Å². The number of hydrogen-bond acceptors (Lipinski definition) is 3. The number of piperidine rings is 1. The van der Waals surface area contributed by atoms with Crippen molar-refractivity contribution >= 4 is 15.7 Å². The second-order valence-electron chi connectivity index (χ2n) is 7.51. The number of hydrogen-bond donors (Lipinski definition) is 0. The number of amides is 1. The quantitative estimate of drug-likeness (QED) is 0.785. The van der Waals surface area contributed by atoms with E-state index in [4.69, 9.17) is 0 Å². The average molecular weight is 386 g/mol. The van der Waals surface area contributed by atoms with Crippen LogP contribution in [-0.2, 0) is 16.3 Å². The van der Waals surface area contributed by atoms with Crippen molar-refractivity contribution in [3.8, 4) is 0 Å². The van der Waals surface area contributed by atoms with E-state index < -0.39 is 9.84 Å². The SMILES string of the molecule is Cc1ccc(C(=O)N2CCC(CCc3ccccc3)CC2)cc1S(C)(=O)=O. The lowest BCUT2D eigenvalue weighted by Crippen LogP contribution is -2.38. The first-order chi connectivity index (χ1) is 12.8. The second kappa shape index (κ2) is 8.26. The number of likely N-dealkylation sites (tertiary alicyclic amines) is 1. The maximum absolute atomic E-state index is 12.8. The van der Waals surface area contributed by atoms with Crippen molar-refractivity contribution in [3.05, 3.63) is 65.2 Å². The number of aryl methyl sites for hydroxylation is 2. The Kier molecular flexibility index (Phi) is 6.00. The first-order valence-electron chi connectivity index (χ1n) is 9.48. The highest BCUT2D eigenvalue weighted by Gasteiger charge is 2.24. The minimum atomic E-state index is -3.33. The van der Waals surface area contributed by atoms with Gasteiger partial charge in [0, 0.05) is 24.9 Å². The fraction of sp³-hybridized carbons (Fsp3) is 0.409. The molecule has 0 saturated carbocycles. The van der Waals surface area contributed by atoms with Crippen LogP contribution in [0.2, 0.25) is 0 Å². The Bertz CT molecular complexity index is 898. The molecule has 0 radical (unpaired) electrons. The molecule has 0 N–H and O–H groups in total. The van der Waals surface area contributed by atoms with Gasteiger partial charge in [-0.2, -0.15) is 0 Å². The van der Waals surface area contributed by atoms with Gasteiger partial charge < -0.3 is 4.90 Å². The van der Waals surface area contributed by atoms with Crippen LogP contribution in [0.25, 0.3) is 0 Å². The fourth-order valence-electron chi connectivity index (χ4n) is 3.76. The zero-order valence-electron chi connectivity index (χ0n) is 16.0. The van der Waals surface area contributed by atoms with E-state index in [1.807, 2.05) is 11.0 Å². The van der Waals surface area contributed by atoms with Crippen molar-refractivity contribution in [1.29, 1.82) is 0 Å². The van der Waals surface area contributed by atoms with Crippen molar-refractivity contribution in [3.63, 3.8) is 0 Å². The van der Waals surface area contributed by atoms with Gasteiger partial charge in [-0.1, -0.05) is 36.4 Å². The monoisotopic (exact) mass is 385 g/mol. The normalized spacial score (nSPS) is 15.7. The van der Waals surface area contributed by atoms with Crippen LogP contribution in [0.15, 0.2) is 53.4 Å². The van der Waals surface area contributed by atoms with Crippen LogP contribution in [0.3, 0.4) is 0 Å². The molecule has 2 aromatic carbocycles. The molecule has 0 aliphatic carbocycles. The highest BCUT2D eigenvalue weighted by Crippen LogP contribution is 2.25. The highest BCUT2D eigenvalue weighted by molar-refractivity contribution is 7.90. The van der Waals surface area contributed by atoms with Crippen molar-refractivity contribution < 1.29 is 13.2 Å². The molecular weight excluding hydrogens is 358 g/mol. The summed E-state index contributed by atoms with van der Waals surface area (Å²) in [6, 6.07) is 15.5. The lowest BCUT2D eigenvalue weighted by Gasteiger charge is -2.32. The molecule has 4 nitrogen and oxygen atoms in total. The molecule has 0 unspecified atom stereocenters. The molecule has 27 heavy (non-hydrogen) atoms. The third kappa shape index (κ3) is 4.98. The summed E-state index contributed by atoms with van der Waals surface area (Å²) < 4.78 is 23.8. The number of carbonyl (C=O) groups excluding carboxylic acids is 1. The predicted octanol–water partition coefficient (Wildman–Crippen LogP) is 3.88. The van der Waals surface area contributed by atoms with Crippen LogP contribution in [0.1, 0.15) is 40.7 Å². The first kappa shape index (κ1) is 19.6. The highest BCUT2D eigenvalue weighted by atomic mass is 32.2. The number of rotatable bonds is 5. The number of nitrogens with zero attached hydrogens (tertiary/aromatic N) is 1. The molecule has 144 valence electrons. The van der Waals surface area contributed by atoms with Crippen molar-refractivity contribution in [2.75, 3.05) is 19.3 Å². The average Bonchev–Trinajstić information content (AvgIpc) is 2.66. The number of benzene rings is 2. The Morgan fingerprint density at radius 1 is 1.07 bits per heavy atom. The van der Waals surface area contributed by atoms with Gasteiger partial charge in [-0.05, 0) is 61.8 Å². The van der Waals surface area contributed by atoms with Crippen LogP contribution in [0.5, 0.6) is 0 Å². The maximum Gasteiger partial charge on any atom is 0.253 e. The third-order valence-corrected chi connectivity index (χ3v) is 6.66. The Morgan fingerprint density at radius 2 is 1.74 bits per heavy atom. The Morgan fingerprint density at radius 3 is 2.37 bits per heavy atom. The van der Waals surface area contributed by atoms with E-state index in [9.17, 15) is 13.2 Å². The van der Waals surface area contributed by atoms with Crippen LogP contribution < -0.4 is 0 Å². The molecule has 1 aliphatic heterocycles. The van der Waals surface area contributed by atoms with E-state index in [0.717, 1.165) is 38.8 Å². The van der Waals surface area contributed by atoms with Crippen molar-refractivity contribution in [1.82, 2.24) is 4.90 Å². The molecule has 0 bridgehead atoms. The van der Waals surface area contributed by atoms with Gasteiger partial charge in [0.25, 0.3) is 5.91 Å². The lowest BCUT2D eigenvalue weighted by atomic mass is 9.90. The topological polar surface area (TPSA) is 54.5 Å². The van der Waals surface area contributed by atoms with Crippen molar-refractivity contribution in [2.45, 2.75) is 37.5 Å². The van der Waals surface area contributed by atoms with Crippen molar-refractivity contribution in [2.24, 2.45) is 5.92 Å². The van der Waals surface area contributed by atoms with E-state index in [0.29, 0.717) is 17.0 Å². The number of sulfone groups is 1. The van der Waals surface area contributed by atoms with Crippen LogP contribution in [0, 0.1) is 12.8 Å². The van der Waals surface area contributed by atoms with Gasteiger partial charge >= 0.3 is 0 Å². The minimum Gasteiger partial charge on any atom is -0.339 e. The maximum atomic E-state index is 12.8. The van der Waals surface area contributed by atoms with Crippen LogP contribution in [-0.4, -0.2) is 38.6 Å². The Balaban J connectivity index is 1.59. The first-order valence-corrected chi connectivity index (χ1v) is 11.4. The fourth-order valence-corrected chi connectivity index (χ4v) is 4.75. The van der Waals surface area contributed by atoms with E-state index in [1.54, 1.807) is 19.1 Å². The van der Waals surface area contributed by atoms with E-state index in [2.05, 4.69) is 24.3 Å². The van der Waals surface area contributed by atoms with Gasteiger partial charge in [-0.15, -0.1) is 0 Å². The molecule has 5 heteroatoms. The standard InChI is InChI=1S/C22H27NO3S/c1-17-8-11-20(16-21(17)27(2,25)26)22(24)23-14-12-19(13-15-23)10-9-18-6-4-3-5-7-18/h3-8,11,16,19H,9-10,12-15H2,1-2H3. The summed E-state index contributed by atoms with van der Waals surface area (Å²) >= 11 is 0. The van der Waals surface area contributed by atoms with Crippen LogP contribution in [0.4, 0.5) is 0 Å². The Hall–Kier alpha value is -2.14. The predicted molar refractivity (Wildman–Crippen MR) is 108 cm³/mol. The van der Waals surface area contributed by atoms with E-state index in [1.165, 1.54) is 17.9 Å². The molecule has 0 spiro atoms. The van der Waals surface area contributed by atoms with Gasteiger partial charge in [-0.3, -0.25) is 4.79 Å². The smallest absolute Gasteiger partial charge is 0.253 e. The molecule has 1 fully saturated rings. The third-order valence-electron chi connectivity index (χ3n) is 5.42. The van der Waals surface area contributed by atoms with Crippen LogP contribution >= 0.6 is 0 Å². The summed E-state index contributed by atoms with van der Waals surface area (Å²) in [6.07, 6.45) is 5.42. The zero-order chi connectivity index (χ0) is 19.4. The van der Waals surface area contributed by atoms with Gasteiger partial charge in [0.05, 0.1) is 4.90 Å². The largest absolute Gasteiger partial charge is 0.339 e. The summed E-state index contributed by atoms with van der Waals surface area (Å²) in [5.74, 6) is 0.570. The summed E-state index contributed by atoms with van der Waals surface area (Å²) in [5.41, 5.74) is 2.50. The van der Waals surface area contributed by atoms with Gasteiger partial charge in [0.2, 0.25) is 0 Å². The Labute approximate surface area is 162 Å². The molecule has 1 amide bonds. The molecule has 1 heterocycles. The molecule has 1 saturated heterocycles. The summed E-state index contributed by atoms with van der Waals surface area (Å²) in [5, 5.41) is 0. The summed E-state index contributed by atoms with van der Waals surface area (Å²) in [4.78, 5) is 14.9. The zero-order valence-corrected chi connectivity index (χ0v) is 16.8. The lowest BCUT2D eigenvalue weighted by molar-refractivity contribution is 0.0686. The van der Waals surface area contributed by atoms with Gasteiger partial charge in [0.1, 0.15) is 0 Å². The minimum absolute atomic E-state index is 0.0681. The second-order valence-corrected chi connectivity index (χ2v) is 9.50. The van der Waals surface area contributed by atoms with Gasteiger partial charge in [0.15, 0.2) is 9.84 Å². The molecule has 3 rings (SSSR count). The molecule has 0 atom stereocenters. The molecule has 1 aliphatic rings. The van der Waals surface area contributed by atoms with E-state index in [-0.39, 0.29) is 10.8 Å².